The maximum absolute atomic E-state index is 13.1. The van der Waals surface area contributed by atoms with Gasteiger partial charge in [0, 0.05) is 17.6 Å². The lowest BCUT2D eigenvalue weighted by Gasteiger charge is -2.07. The minimum Gasteiger partial charge on any atom is -0.334 e. The van der Waals surface area contributed by atoms with Crippen LogP contribution in [-0.2, 0) is 13.1 Å². The molecule has 0 fully saturated rings. The summed E-state index contributed by atoms with van der Waals surface area (Å²) < 4.78 is 13.1. The Morgan fingerprint density at radius 2 is 2.05 bits per heavy atom. The first-order valence-electron chi connectivity index (χ1n) is 6.22. The summed E-state index contributed by atoms with van der Waals surface area (Å²) in [7, 11) is 0. The monoisotopic (exact) mass is 293 g/mol. The van der Waals surface area contributed by atoms with Gasteiger partial charge in [0.2, 0.25) is 0 Å². The highest BCUT2D eigenvalue weighted by atomic mass is 32.1. The molecule has 0 atom stereocenters. The van der Waals surface area contributed by atoms with Crippen molar-refractivity contribution in [3.05, 3.63) is 51.2 Å². The number of halogens is 1. The summed E-state index contributed by atoms with van der Waals surface area (Å²) in [6.07, 6.45) is 1.75. The lowest BCUT2D eigenvalue weighted by atomic mass is 10.1. The summed E-state index contributed by atoms with van der Waals surface area (Å²) in [5, 5.41) is 6.47. The van der Waals surface area contributed by atoms with Crippen LogP contribution in [0, 0.1) is 19.7 Å². The molecule has 0 aliphatic rings. The Bertz CT molecular complexity index is 612. The third-order valence-electron chi connectivity index (χ3n) is 2.77. The fourth-order valence-electron chi connectivity index (χ4n) is 1.72. The molecule has 0 aliphatic heterocycles. The molecule has 1 aromatic heterocycles. The minimum absolute atomic E-state index is 0.237. The molecular weight excluding hydrogens is 277 g/mol. The van der Waals surface area contributed by atoms with E-state index in [9.17, 15) is 9.18 Å². The third-order valence-corrected chi connectivity index (χ3v) is 3.68. The van der Waals surface area contributed by atoms with Crippen LogP contribution >= 0.6 is 11.3 Å². The first kappa shape index (κ1) is 14.5. The second-order valence-corrected chi connectivity index (χ2v) is 5.78. The van der Waals surface area contributed by atoms with Gasteiger partial charge in [-0.15, -0.1) is 11.3 Å². The Hall–Kier alpha value is -1.95. The van der Waals surface area contributed by atoms with Crippen molar-refractivity contribution in [3.63, 3.8) is 0 Å². The second-order valence-electron chi connectivity index (χ2n) is 4.47. The molecule has 0 spiro atoms. The number of nitrogens with one attached hydrogen (secondary N) is 2. The van der Waals surface area contributed by atoms with Gasteiger partial charge in [-0.3, -0.25) is 0 Å². The van der Waals surface area contributed by atoms with Gasteiger partial charge in [-0.1, -0.05) is 12.1 Å². The largest absolute Gasteiger partial charge is 0.334 e. The highest BCUT2D eigenvalue weighted by molar-refractivity contribution is 7.11. The first-order chi connectivity index (χ1) is 9.54. The van der Waals surface area contributed by atoms with Crippen molar-refractivity contribution < 1.29 is 9.18 Å². The summed E-state index contributed by atoms with van der Waals surface area (Å²) in [5.74, 6) is -0.237. The zero-order chi connectivity index (χ0) is 14.5. The molecule has 0 unspecified atom stereocenters. The molecular formula is C14H16FN3OS. The summed E-state index contributed by atoms with van der Waals surface area (Å²) in [4.78, 5) is 16.8. The highest BCUT2D eigenvalue weighted by Gasteiger charge is 2.04. The number of hydrogen-bond donors (Lipinski definition) is 2. The van der Waals surface area contributed by atoms with E-state index in [0.717, 1.165) is 15.4 Å². The normalized spacial score (nSPS) is 10.3. The zero-order valence-corrected chi connectivity index (χ0v) is 12.2. The molecule has 106 valence electrons. The first-order valence-corrected chi connectivity index (χ1v) is 7.04. The van der Waals surface area contributed by atoms with Crippen molar-refractivity contribution in [3.8, 4) is 0 Å². The summed E-state index contributed by atoms with van der Waals surface area (Å²) >= 11 is 1.55. The molecule has 0 bridgehead atoms. The average molecular weight is 293 g/mol. The number of aromatic nitrogens is 1. The van der Waals surface area contributed by atoms with E-state index < -0.39 is 0 Å². The van der Waals surface area contributed by atoms with E-state index in [1.807, 2.05) is 6.92 Å². The predicted octanol–water partition coefficient (Wildman–Crippen LogP) is 2.90. The van der Waals surface area contributed by atoms with Gasteiger partial charge in [0.15, 0.2) is 0 Å². The number of hydrogen-bond acceptors (Lipinski definition) is 3. The standard InChI is InChI=1S/C14H16FN3OS/c1-9-5-11(3-4-13(9)15)6-17-14(19)18-8-12-7-16-10(2)20-12/h3-5,7H,6,8H2,1-2H3,(H2,17,18,19). The van der Waals surface area contributed by atoms with Gasteiger partial charge < -0.3 is 10.6 Å². The molecule has 0 saturated heterocycles. The summed E-state index contributed by atoms with van der Waals surface area (Å²) in [6.45, 7) is 4.45. The van der Waals surface area contributed by atoms with Crippen LogP contribution in [0.25, 0.3) is 0 Å². The van der Waals surface area contributed by atoms with Gasteiger partial charge >= 0.3 is 6.03 Å². The van der Waals surface area contributed by atoms with Crippen LogP contribution in [0.15, 0.2) is 24.4 Å². The molecule has 1 aromatic carbocycles. The minimum atomic E-state index is -0.252. The van der Waals surface area contributed by atoms with Crippen LogP contribution in [0.4, 0.5) is 9.18 Å². The third kappa shape index (κ3) is 4.03. The van der Waals surface area contributed by atoms with Crippen molar-refractivity contribution in [1.82, 2.24) is 15.6 Å². The number of rotatable bonds is 4. The van der Waals surface area contributed by atoms with Crippen molar-refractivity contribution >= 4 is 17.4 Å². The smallest absolute Gasteiger partial charge is 0.315 e. The van der Waals surface area contributed by atoms with Crippen molar-refractivity contribution in [2.75, 3.05) is 0 Å². The lowest BCUT2D eigenvalue weighted by Crippen LogP contribution is -2.34. The molecule has 0 saturated carbocycles. The molecule has 6 heteroatoms. The van der Waals surface area contributed by atoms with E-state index in [0.29, 0.717) is 18.7 Å². The van der Waals surface area contributed by atoms with Crippen LogP contribution in [0.3, 0.4) is 0 Å². The van der Waals surface area contributed by atoms with Gasteiger partial charge in [0.1, 0.15) is 5.82 Å². The van der Waals surface area contributed by atoms with E-state index in [2.05, 4.69) is 15.6 Å². The van der Waals surface area contributed by atoms with E-state index in [-0.39, 0.29) is 11.8 Å². The Morgan fingerprint density at radius 1 is 1.30 bits per heavy atom. The van der Waals surface area contributed by atoms with Crippen LogP contribution < -0.4 is 10.6 Å². The molecule has 2 rings (SSSR count). The second kappa shape index (κ2) is 6.47. The van der Waals surface area contributed by atoms with Gasteiger partial charge in [0.05, 0.1) is 11.6 Å². The van der Waals surface area contributed by atoms with Gasteiger partial charge in [-0.25, -0.2) is 14.2 Å². The molecule has 2 amide bonds. The maximum atomic E-state index is 13.1. The SMILES string of the molecule is Cc1ncc(CNC(=O)NCc2ccc(F)c(C)c2)s1. The van der Waals surface area contributed by atoms with Gasteiger partial charge in [-0.2, -0.15) is 0 Å². The summed E-state index contributed by atoms with van der Waals surface area (Å²) in [6, 6.07) is 4.54. The van der Waals surface area contributed by atoms with Crippen LogP contribution in [0.5, 0.6) is 0 Å². The van der Waals surface area contributed by atoms with Crippen LogP contribution in [0.2, 0.25) is 0 Å². The van der Waals surface area contributed by atoms with E-state index in [4.69, 9.17) is 0 Å². The number of amides is 2. The molecule has 0 aliphatic carbocycles. The predicted molar refractivity (Wildman–Crippen MR) is 77.1 cm³/mol. The molecule has 2 N–H and O–H groups in total. The van der Waals surface area contributed by atoms with Crippen molar-refractivity contribution in [2.24, 2.45) is 0 Å². The Labute approximate surface area is 121 Å². The van der Waals surface area contributed by atoms with E-state index in [1.54, 1.807) is 36.6 Å². The van der Waals surface area contributed by atoms with Gasteiger partial charge in [-0.05, 0) is 31.0 Å². The molecule has 20 heavy (non-hydrogen) atoms. The van der Waals surface area contributed by atoms with Crippen molar-refractivity contribution in [1.29, 1.82) is 0 Å². The van der Waals surface area contributed by atoms with Crippen LogP contribution in [-0.4, -0.2) is 11.0 Å². The van der Waals surface area contributed by atoms with Crippen molar-refractivity contribution in [2.45, 2.75) is 26.9 Å². The number of carbonyl (C=O) groups is 1. The number of carbonyl (C=O) groups excluding carboxylic acids is 1. The molecule has 2 aromatic rings. The Morgan fingerprint density at radius 3 is 2.70 bits per heavy atom. The number of benzene rings is 1. The fraction of sp³-hybridized carbons (Fsp3) is 0.286. The number of nitrogens with zero attached hydrogens (tertiary/aromatic N) is 1. The average Bonchev–Trinajstić information content (AvgIpc) is 2.83. The number of aryl methyl sites for hydroxylation is 2. The molecule has 4 nitrogen and oxygen atoms in total. The Kier molecular flexibility index (Phi) is 4.68. The zero-order valence-electron chi connectivity index (χ0n) is 11.4. The number of urea groups is 1. The van der Waals surface area contributed by atoms with E-state index >= 15 is 0 Å². The number of thiazole rings is 1. The van der Waals surface area contributed by atoms with E-state index in [1.165, 1.54) is 6.07 Å². The lowest BCUT2D eigenvalue weighted by molar-refractivity contribution is 0.240. The molecule has 0 radical (unpaired) electrons. The molecule has 1 heterocycles. The summed E-state index contributed by atoms with van der Waals surface area (Å²) in [5.41, 5.74) is 1.44. The van der Waals surface area contributed by atoms with Crippen LogP contribution in [0.1, 0.15) is 21.0 Å². The maximum Gasteiger partial charge on any atom is 0.315 e. The Balaban J connectivity index is 1.78. The topological polar surface area (TPSA) is 54.0 Å². The highest BCUT2D eigenvalue weighted by Crippen LogP contribution is 2.11. The quantitative estimate of drug-likeness (QED) is 0.910. The van der Waals surface area contributed by atoms with Gasteiger partial charge in [0.25, 0.3) is 0 Å². The fourth-order valence-corrected chi connectivity index (χ4v) is 2.45.